The van der Waals surface area contributed by atoms with E-state index in [1.807, 2.05) is 60.8 Å². The third-order valence-corrected chi connectivity index (χ3v) is 5.82. The van der Waals surface area contributed by atoms with Gasteiger partial charge in [0.15, 0.2) is 11.6 Å². The van der Waals surface area contributed by atoms with E-state index < -0.39 is 0 Å². The normalized spacial score (nSPS) is 13.5. The number of hydrogen-bond donors (Lipinski definition) is 0. The van der Waals surface area contributed by atoms with Crippen molar-refractivity contribution in [2.24, 2.45) is 4.99 Å². The molecule has 8 heteroatoms. The van der Waals surface area contributed by atoms with Gasteiger partial charge < -0.3 is 0 Å². The van der Waals surface area contributed by atoms with E-state index in [4.69, 9.17) is 4.99 Å². The lowest BCUT2D eigenvalue weighted by atomic mass is 9.93. The minimum Gasteiger partial charge on any atom is -0.300 e. The Labute approximate surface area is 183 Å². The van der Waals surface area contributed by atoms with Gasteiger partial charge in [-0.2, -0.15) is 10.5 Å². The highest BCUT2D eigenvalue weighted by molar-refractivity contribution is 9.10. The van der Waals surface area contributed by atoms with Crippen LogP contribution in [0.5, 0.6) is 0 Å². The first-order valence-corrected chi connectivity index (χ1v) is 10.1. The standard InChI is InChI=1S/C22H18BrN7/c1-13(29(2)3)22-28-27-19-12-26-21(14-4-7-16(23)8-5-14)20-17(11-25)15(10-24)6-9-18(20)30(19)22/h4-9,13H,12H2,1-3H3. The van der Waals surface area contributed by atoms with Crippen molar-refractivity contribution in [3.8, 4) is 17.8 Å². The van der Waals surface area contributed by atoms with E-state index in [9.17, 15) is 10.5 Å². The molecular formula is C22H18BrN7. The van der Waals surface area contributed by atoms with Crippen molar-refractivity contribution in [1.82, 2.24) is 19.7 Å². The van der Waals surface area contributed by atoms with Gasteiger partial charge in [-0.3, -0.25) is 14.5 Å². The number of nitrogens with zero attached hydrogens (tertiary/aromatic N) is 7. The molecule has 4 rings (SSSR count). The molecule has 30 heavy (non-hydrogen) atoms. The van der Waals surface area contributed by atoms with Gasteiger partial charge in [0.05, 0.1) is 28.6 Å². The molecule has 0 bridgehead atoms. The Morgan fingerprint density at radius 2 is 1.80 bits per heavy atom. The summed E-state index contributed by atoms with van der Waals surface area (Å²) in [5.41, 5.74) is 3.55. The van der Waals surface area contributed by atoms with Crippen molar-refractivity contribution >= 4 is 21.6 Å². The third kappa shape index (κ3) is 3.21. The van der Waals surface area contributed by atoms with Crippen molar-refractivity contribution in [3.63, 3.8) is 0 Å². The van der Waals surface area contributed by atoms with Crippen LogP contribution in [0.4, 0.5) is 0 Å². The van der Waals surface area contributed by atoms with E-state index in [1.54, 1.807) is 6.07 Å². The lowest BCUT2D eigenvalue weighted by molar-refractivity contribution is 0.305. The Morgan fingerprint density at radius 1 is 1.07 bits per heavy atom. The summed E-state index contributed by atoms with van der Waals surface area (Å²) in [6, 6.07) is 15.7. The van der Waals surface area contributed by atoms with Crippen LogP contribution in [-0.2, 0) is 6.54 Å². The molecule has 1 aliphatic heterocycles. The van der Waals surface area contributed by atoms with E-state index >= 15 is 0 Å². The minimum absolute atomic E-state index is 0.00508. The van der Waals surface area contributed by atoms with Crippen LogP contribution in [0.2, 0.25) is 0 Å². The molecule has 7 nitrogen and oxygen atoms in total. The summed E-state index contributed by atoms with van der Waals surface area (Å²) in [5.74, 6) is 1.46. The number of hydrogen-bond acceptors (Lipinski definition) is 6. The van der Waals surface area contributed by atoms with Gasteiger partial charge in [-0.1, -0.05) is 28.1 Å². The molecule has 1 unspecified atom stereocenters. The molecule has 1 aromatic heterocycles. The van der Waals surface area contributed by atoms with Gasteiger partial charge in [0.25, 0.3) is 0 Å². The highest BCUT2D eigenvalue weighted by Gasteiger charge is 2.28. The zero-order valence-corrected chi connectivity index (χ0v) is 18.3. The lowest BCUT2D eigenvalue weighted by Crippen LogP contribution is -2.21. The fraction of sp³-hybridized carbons (Fsp3) is 0.227. The van der Waals surface area contributed by atoms with Gasteiger partial charge in [0.2, 0.25) is 0 Å². The Balaban J connectivity index is 2.06. The maximum Gasteiger partial charge on any atom is 0.159 e. The van der Waals surface area contributed by atoms with Crippen LogP contribution < -0.4 is 0 Å². The largest absolute Gasteiger partial charge is 0.300 e. The predicted octanol–water partition coefficient (Wildman–Crippen LogP) is 3.75. The minimum atomic E-state index is -0.00508. The van der Waals surface area contributed by atoms with Crippen LogP contribution >= 0.6 is 15.9 Å². The Kier molecular flexibility index (Phi) is 5.21. The molecule has 0 saturated heterocycles. The molecule has 0 radical (unpaired) electrons. The van der Waals surface area contributed by atoms with Crippen LogP contribution in [-0.4, -0.2) is 39.5 Å². The molecule has 0 amide bonds. The number of halogens is 1. The molecule has 0 N–H and O–H groups in total. The monoisotopic (exact) mass is 459 g/mol. The van der Waals surface area contributed by atoms with Crippen molar-refractivity contribution in [1.29, 1.82) is 10.5 Å². The van der Waals surface area contributed by atoms with Gasteiger partial charge in [0, 0.05) is 15.6 Å². The summed E-state index contributed by atoms with van der Waals surface area (Å²) in [7, 11) is 3.96. The number of aromatic nitrogens is 3. The van der Waals surface area contributed by atoms with Crippen LogP contribution in [0.1, 0.15) is 46.9 Å². The van der Waals surface area contributed by atoms with Crippen molar-refractivity contribution < 1.29 is 0 Å². The van der Waals surface area contributed by atoms with Crippen LogP contribution in [0.25, 0.3) is 5.69 Å². The molecule has 0 saturated carbocycles. The third-order valence-electron chi connectivity index (χ3n) is 5.29. The Morgan fingerprint density at radius 3 is 2.43 bits per heavy atom. The molecular weight excluding hydrogens is 442 g/mol. The lowest BCUT2D eigenvalue weighted by Gasteiger charge is -2.21. The van der Waals surface area contributed by atoms with E-state index in [0.29, 0.717) is 34.8 Å². The van der Waals surface area contributed by atoms with Crippen molar-refractivity contribution in [2.45, 2.75) is 19.5 Å². The molecule has 1 atom stereocenters. The summed E-state index contributed by atoms with van der Waals surface area (Å²) in [6.07, 6.45) is 0. The number of benzene rings is 2. The average molecular weight is 460 g/mol. The van der Waals surface area contributed by atoms with Crippen molar-refractivity contribution in [3.05, 3.63) is 74.8 Å². The topological polar surface area (TPSA) is 93.9 Å². The molecule has 0 aliphatic carbocycles. The SMILES string of the molecule is CC(c1nnc2n1-c1ccc(C#N)c(C#N)c1C(c1ccc(Br)cc1)=NC2)N(C)C. The zero-order chi connectivity index (χ0) is 21.4. The molecule has 2 heterocycles. The molecule has 0 fully saturated rings. The van der Waals surface area contributed by atoms with E-state index in [0.717, 1.165) is 21.5 Å². The molecule has 3 aromatic rings. The second-order valence-electron chi connectivity index (χ2n) is 7.23. The van der Waals surface area contributed by atoms with E-state index in [1.165, 1.54) is 0 Å². The van der Waals surface area contributed by atoms with Crippen molar-refractivity contribution in [2.75, 3.05) is 14.1 Å². The van der Waals surface area contributed by atoms with Gasteiger partial charge in [0.1, 0.15) is 18.7 Å². The van der Waals surface area contributed by atoms with Crippen LogP contribution in [0.15, 0.2) is 45.9 Å². The zero-order valence-electron chi connectivity index (χ0n) is 16.8. The Hall–Kier alpha value is -3.33. The number of nitriles is 2. The molecule has 1 aliphatic rings. The predicted molar refractivity (Wildman–Crippen MR) is 116 cm³/mol. The summed E-state index contributed by atoms with van der Waals surface area (Å²) < 4.78 is 2.92. The van der Waals surface area contributed by atoms with E-state index in [-0.39, 0.29) is 6.04 Å². The number of fused-ring (bicyclic) bond motifs is 3. The molecule has 2 aromatic carbocycles. The summed E-state index contributed by atoms with van der Waals surface area (Å²) in [5, 5.41) is 28.4. The fourth-order valence-corrected chi connectivity index (χ4v) is 3.76. The smallest absolute Gasteiger partial charge is 0.159 e. The molecule has 148 valence electrons. The highest BCUT2D eigenvalue weighted by atomic mass is 79.9. The Bertz CT molecular complexity index is 1240. The maximum absolute atomic E-state index is 9.96. The summed E-state index contributed by atoms with van der Waals surface area (Å²) >= 11 is 3.46. The average Bonchev–Trinajstić information content (AvgIpc) is 3.10. The van der Waals surface area contributed by atoms with Crippen LogP contribution in [0, 0.1) is 22.7 Å². The van der Waals surface area contributed by atoms with Gasteiger partial charge in [-0.05, 0) is 45.3 Å². The van der Waals surface area contributed by atoms with Crippen LogP contribution in [0.3, 0.4) is 0 Å². The summed E-state index contributed by atoms with van der Waals surface area (Å²) in [4.78, 5) is 6.86. The second-order valence-corrected chi connectivity index (χ2v) is 8.14. The van der Waals surface area contributed by atoms with Gasteiger partial charge in [-0.15, -0.1) is 10.2 Å². The molecule has 0 spiro atoms. The van der Waals surface area contributed by atoms with Gasteiger partial charge >= 0.3 is 0 Å². The second kappa shape index (κ2) is 7.83. The van der Waals surface area contributed by atoms with E-state index in [2.05, 4.69) is 38.3 Å². The highest BCUT2D eigenvalue weighted by Crippen LogP contribution is 2.32. The first kappa shape index (κ1) is 20.0. The van der Waals surface area contributed by atoms with Gasteiger partial charge in [-0.25, -0.2) is 0 Å². The number of rotatable bonds is 3. The number of aliphatic imine (C=N–C) groups is 1. The first-order valence-electron chi connectivity index (χ1n) is 9.35. The summed E-state index contributed by atoms with van der Waals surface area (Å²) in [6.45, 7) is 2.37. The maximum atomic E-state index is 9.96. The first-order chi connectivity index (χ1) is 14.5. The quantitative estimate of drug-likeness (QED) is 0.594. The fourth-order valence-electron chi connectivity index (χ4n) is 3.50.